The van der Waals surface area contributed by atoms with Crippen LogP contribution in [0.4, 0.5) is 20.5 Å². The molecule has 0 atom stereocenters. The lowest BCUT2D eigenvalue weighted by atomic mass is 10.1. The number of fused-ring (bicyclic) bond motifs is 1. The molecule has 2 aromatic heterocycles. The summed E-state index contributed by atoms with van der Waals surface area (Å²) >= 11 is 0. The molecule has 0 saturated carbocycles. The van der Waals surface area contributed by atoms with Gasteiger partial charge in [-0.15, -0.1) is 0 Å². The van der Waals surface area contributed by atoms with Crippen molar-refractivity contribution in [2.45, 2.75) is 52.1 Å². The third-order valence-corrected chi connectivity index (χ3v) is 4.45. The highest BCUT2D eigenvalue weighted by atomic mass is 19.3. The molecular weight excluding hydrogens is 370 g/mol. The van der Waals surface area contributed by atoms with Crippen LogP contribution in [0.1, 0.15) is 39.9 Å². The van der Waals surface area contributed by atoms with E-state index in [0.717, 1.165) is 5.70 Å². The lowest BCUT2D eigenvalue weighted by Gasteiger charge is -2.22. The van der Waals surface area contributed by atoms with E-state index in [2.05, 4.69) is 30.7 Å². The van der Waals surface area contributed by atoms with Crippen LogP contribution in [0.2, 0.25) is 0 Å². The predicted molar refractivity (Wildman–Crippen MR) is 100 cm³/mol. The van der Waals surface area contributed by atoms with Crippen molar-refractivity contribution in [1.82, 2.24) is 30.5 Å². The van der Waals surface area contributed by atoms with Gasteiger partial charge < -0.3 is 15.2 Å². The fourth-order valence-electron chi connectivity index (χ4n) is 3.15. The highest BCUT2D eigenvalue weighted by molar-refractivity contribution is 5.85. The third kappa shape index (κ3) is 3.79. The number of alkyl halides is 2. The number of hydrogen-bond donors (Lipinski definition) is 3. The van der Waals surface area contributed by atoms with E-state index in [9.17, 15) is 8.78 Å². The predicted octanol–water partition coefficient (Wildman–Crippen LogP) is 2.52. The van der Waals surface area contributed by atoms with E-state index in [-0.39, 0.29) is 25.0 Å². The molecule has 0 spiro atoms. The van der Waals surface area contributed by atoms with Gasteiger partial charge in [-0.3, -0.25) is 0 Å². The molecule has 1 saturated heterocycles. The average Bonchev–Trinajstić information content (AvgIpc) is 3.24. The molecule has 3 N–H and O–H groups in total. The molecule has 4 heterocycles. The summed E-state index contributed by atoms with van der Waals surface area (Å²) in [6.45, 7) is 8.04. The minimum atomic E-state index is -2.73. The summed E-state index contributed by atoms with van der Waals surface area (Å²) in [6.07, 6.45) is 1.53. The van der Waals surface area contributed by atoms with Crippen LogP contribution in [0.15, 0.2) is 11.9 Å². The molecule has 0 bridgehead atoms. The summed E-state index contributed by atoms with van der Waals surface area (Å²) in [5, 5.41) is 4.83. The summed E-state index contributed by atoms with van der Waals surface area (Å²) in [6, 6.07) is 0. The Balaban J connectivity index is 1.72. The van der Waals surface area contributed by atoms with Gasteiger partial charge in [0.05, 0.1) is 12.2 Å². The summed E-state index contributed by atoms with van der Waals surface area (Å²) in [5.74, 6) is -1.34. The van der Waals surface area contributed by atoms with E-state index < -0.39 is 5.92 Å². The maximum absolute atomic E-state index is 13.8. The molecule has 2 aliphatic heterocycles. The number of anilines is 2. The number of hydroxylamine groups is 3. The van der Waals surface area contributed by atoms with Gasteiger partial charge >= 0.3 is 0 Å². The summed E-state index contributed by atoms with van der Waals surface area (Å²) in [5.41, 5.74) is 4.25. The number of H-pyrrole nitrogens is 1. The topological polar surface area (TPSA) is 94.2 Å². The molecule has 152 valence electrons. The van der Waals surface area contributed by atoms with E-state index in [4.69, 9.17) is 4.94 Å². The van der Waals surface area contributed by atoms with Crippen LogP contribution >= 0.6 is 0 Å². The van der Waals surface area contributed by atoms with E-state index in [1.807, 2.05) is 27.7 Å². The number of aromatic amines is 1. The largest absolute Gasteiger partial charge is 0.350 e. The van der Waals surface area contributed by atoms with Gasteiger partial charge in [-0.2, -0.15) is 14.9 Å². The molecule has 0 aromatic carbocycles. The highest BCUT2D eigenvalue weighted by Gasteiger charge is 2.40. The number of rotatable bonds is 4. The van der Waals surface area contributed by atoms with Gasteiger partial charge in [-0.25, -0.2) is 24.3 Å². The lowest BCUT2D eigenvalue weighted by molar-refractivity contribution is -0.157. The molecule has 2 aliphatic rings. The number of nitrogens with zero attached hydrogens (tertiary/aromatic N) is 5. The summed E-state index contributed by atoms with van der Waals surface area (Å²) < 4.78 is 27.6. The fourth-order valence-corrected chi connectivity index (χ4v) is 3.15. The van der Waals surface area contributed by atoms with E-state index in [0.29, 0.717) is 35.3 Å². The van der Waals surface area contributed by atoms with Gasteiger partial charge in [0.1, 0.15) is 17.9 Å². The van der Waals surface area contributed by atoms with Crippen LogP contribution in [0, 0.1) is 0 Å². The number of aromatic nitrogens is 4. The highest BCUT2D eigenvalue weighted by Crippen LogP contribution is 2.33. The number of hydrogen-bond acceptors (Lipinski definition) is 8. The maximum atomic E-state index is 13.8. The van der Waals surface area contributed by atoms with Crippen LogP contribution in [0.3, 0.4) is 0 Å². The van der Waals surface area contributed by atoms with Gasteiger partial charge in [0, 0.05) is 24.7 Å². The van der Waals surface area contributed by atoms with Gasteiger partial charge in [0.2, 0.25) is 5.95 Å². The minimum absolute atomic E-state index is 0.196. The van der Waals surface area contributed by atoms with Crippen molar-refractivity contribution in [2.24, 2.45) is 0 Å². The first kappa shape index (κ1) is 18.7. The minimum Gasteiger partial charge on any atom is -0.350 e. The van der Waals surface area contributed by atoms with Crippen molar-refractivity contribution in [1.29, 1.82) is 0 Å². The quantitative estimate of drug-likeness (QED) is 0.728. The second-order valence-corrected chi connectivity index (χ2v) is 8.19. The van der Waals surface area contributed by atoms with Crippen molar-refractivity contribution in [3.8, 4) is 0 Å². The average molecular weight is 394 g/mol. The molecule has 2 aromatic rings. The molecule has 11 heteroatoms. The second kappa shape index (κ2) is 6.43. The van der Waals surface area contributed by atoms with Crippen molar-refractivity contribution in [3.05, 3.63) is 17.7 Å². The molecule has 28 heavy (non-hydrogen) atoms. The van der Waals surface area contributed by atoms with Gasteiger partial charge in [-0.05, 0) is 27.7 Å². The van der Waals surface area contributed by atoms with E-state index in [1.54, 1.807) is 16.2 Å². The first-order chi connectivity index (χ1) is 13.1. The smallest absolute Gasteiger partial charge is 0.266 e. The zero-order valence-electron chi connectivity index (χ0n) is 16.3. The molecule has 0 radical (unpaired) electrons. The number of nitrogens with one attached hydrogen (secondary N) is 3. The fraction of sp³-hybridized carbons (Fsp3) is 0.588. The Morgan fingerprint density at radius 3 is 2.68 bits per heavy atom. The summed E-state index contributed by atoms with van der Waals surface area (Å²) in [4.78, 5) is 23.6. The monoisotopic (exact) mass is 394 g/mol. The third-order valence-electron chi connectivity index (χ3n) is 4.45. The first-order valence-corrected chi connectivity index (χ1v) is 9.14. The standard InChI is InChI=1S/C17H24F2N8O/c1-10-7-20-28-27(10)8-11-21-12-13(22-11)23-15(25-16(2,3)4)24-14(12)26-6-5-17(18,19)9-26/h7,20H,5-6,8-9H2,1-4H3,(H2,21,22,23,24,25). The zero-order valence-corrected chi connectivity index (χ0v) is 16.3. The van der Waals surface area contributed by atoms with Crippen molar-refractivity contribution in [3.63, 3.8) is 0 Å². The van der Waals surface area contributed by atoms with Crippen LogP contribution in [-0.2, 0) is 11.5 Å². The van der Waals surface area contributed by atoms with Crippen LogP contribution in [-0.4, -0.2) is 49.6 Å². The van der Waals surface area contributed by atoms with Gasteiger partial charge in [0.25, 0.3) is 5.92 Å². The number of halogens is 2. The Bertz CT molecular complexity index is 920. The zero-order chi connectivity index (χ0) is 20.1. The van der Waals surface area contributed by atoms with Crippen LogP contribution < -0.4 is 15.7 Å². The lowest BCUT2D eigenvalue weighted by Crippen LogP contribution is -2.29. The molecule has 1 fully saturated rings. The van der Waals surface area contributed by atoms with Crippen molar-refractivity contribution in [2.75, 3.05) is 23.3 Å². The van der Waals surface area contributed by atoms with E-state index >= 15 is 0 Å². The SMILES string of the molecule is CC1=CNON1Cc1nc2nc(NC(C)(C)C)nc(N3CCC(F)(F)C3)c2[nH]1. The summed E-state index contributed by atoms with van der Waals surface area (Å²) in [7, 11) is 0. The Morgan fingerprint density at radius 2 is 2.07 bits per heavy atom. The maximum Gasteiger partial charge on any atom is 0.266 e. The number of allylic oxidation sites excluding steroid dienone is 1. The van der Waals surface area contributed by atoms with Crippen LogP contribution in [0.5, 0.6) is 0 Å². The normalized spacial score (nSPS) is 19.3. The molecular formula is C17H24F2N8O. The number of imidazole rings is 1. The molecule has 0 amide bonds. The van der Waals surface area contributed by atoms with Crippen molar-refractivity contribution >= 4 is 22.9 Å². The Labute approximate surface area is 161 Å². The Kier molecular flexibility index (Phi) is 4.29. The van der Waals surface area contributed by atoms with Gasteiger partial charge in [-0.1, -0.05) is 0 Å². The molecule has 9 nitrogen and oxygen atoms in total. The van der Waals surface area contributed by atoms with Crippen LogP contribution in [0.25, 0.3) is 11.2 Å². The molecule has 0 aliphatic carbocycles. The molecule has 4 rings (SSSR count). The Morgan fingerprint density at radius 1 is 1.29 bits per heavy atom. The Hall–Kier alpha value is -2.69. The van der Waals surface area contributed by atoms with Crippen molar-refractivity contribution < 1.29 is 13.7 Å². The second-order valence-electron chi connectivity index (χ2n) is 8.19. The molecule has 0 unspecified atom stereocenters. The first-order valence-electron chi connectivity index (χ1n) is 9.14. The van der Waals surface area contributed by atoms with E-state index in [1.165, 1.54) is 0 Å². The van der Waals surface area contributed by atoms with Gasteiger partial charge in [0.15, 0.2) is 11.5 Å².